The third-order valence-corrected chi connectivity index (χ3v) is 2.78. The molecule has 1 saturated carbocycles. The lowest BCUT2D eigenvalue weighted by Gasteiger charge is -2.08. The number of aromatic amines is 1. The quantitative estimate of drug-likeness (QED) is 0.738. The number of aromatic nitrogens is 2. The molecule has 13 heavy (non-hydrogen) atoms. The zero-order valence-corrected chi connectivity index (χ0v) is 7.92. The molecule has 72 valence electrons. The normalized spacial score (nSPS) is 18.2. The maximum atomic E-state index is 3.91. The van der Waals surface area contributed by atoms with Gasteiger partial charge in [-0.2, -0.15) is 5.10 Å². The minimum absolute atomic E-state index is 0.919. The topological polar surface area (TPSA) is 40.7 Å². The molecule has 2 N–H and O–H groups in total. The van der Waals surface area contributed by atoms with Crippen LogP contribution in [0.2, 0.25) is 0 Å². The fourth-order valence-electron chi connectivity index (χ4n) is 2.01. The van der Waals surface area contributed by atoms with Crippen molar-refractivity contribution in [3.63, 3.8) is 0 Å². The van der Waals surface area contributed by atoms with Crippen molar-refractivity contribution in [1.82, 2.24) is 15.5 Å². The smallest absolute Gasteiger partial charge is 0.0490 e. The van der Waals surface area contributed by atoms with Crippen LogP contribution in [0.5, 0.6) is 0 Å². The standard InChI is InChI=1S/C10H17N3/c1-2-4-9(3-1)7-11-8-10-5-6-12-13-10/h5-6,9,11H,1-4,7-8H2,(H,12,13). The van der Waals surface area contributed by atoms with Crippen LogP contribution in [0.15, 0.2) is 12.3 Å². The second kappa shape index (κ2) is 4.42. The predicted molar refractivity (Wildman–Crippen MR) is 52.3 cm³/mol. The molecular formula is C10H17N3. The summed E-state index contributed by atoms with van der Waals surface area (Å²) in [5.41, 5.74) is 1.18. The lowest BCUT2D eigenvalue weighted by molar-refractivity contribution is 0.487. The summed E-state index contributed by atoms with van der Waals surface area (Å²) >= 11 is 0. The molecule has 1 aromatic heterocycles. The summed E-state index contributed by atoms with van der Waals surface area (Å²) < 4.78 is 0. The first-order valence-electron chi connectivity index (χ1n) is 5.14. The molecule has 1 aromatic rings. The van der Waals surface area contributed by atoms with Crippen molar-refractivity contribution >= 4 is 0 Å². The van der Waals surface area contributed by atoms with Crippen LogP contribution in [0.4, 0.5) is 0 Å². The molecule has 3 heteroatoms. The monoisotopic (exact) mass is 179 g/mol. The second-order valence-electron chi connectivity index (χ2n) is 3.86. The van der Waals surface area contributed by atoms with Crippen molar-refractivity contribution < 1.29 is 0 Å². The van der Waals surface area contributed by atoms with E-state index in [0.29, 0.717) is 0 Å². The van der Waals surface area contributed by atoms with Gasteiger partial charge in [0.15, 0.2) is 0 Å². The summed E-state index contributed by atoms with van der Waals surface area (Å²) in [6.45, 7) is 2.09. The third-order valence-electron chi connectivity index (χ3n) is 2.78. The van der Waals surface area contributed by atoms with Crippen LogP contribution in [0.25, 0.3) is 0 Å². The molecule has 0 atom stereocenters. The van der Waals surface area contributed by atoms with Crippen LogP contribution >= 0.6 is 0 Å². The highest BCUT2D eigenvalue weighted by Crippen LogP contribution is 2.23. The summed E-state index contributed by atoms with van der Waals surface area (Å²) in [6, 6.07) is 2.02. The molecule has 0 aromatic carbocycles. The second-order valence-corrected chi connectivity index (χ2v) is 3.86. The highest BCUT2D eigenvalue weighted by molar-refractivity contribution is 4.96. The average Bonchev–Trinajstić information content (AvgIpc) is 2.75. The van der Waals surface area contributed by atoms with E-state index < -0.39 is 0 Å². The van der Waals surface area contributed by atoms with Crippen LogP contribution in [-0.2, 0) is 6.54 Å². The molecular weight excluding hydrogens is 162 g/mol. The summed E-state index contributed by atoms with van der Waals surface area (Å²) in [4.78, 5) is 0. The van der Waals surface area contributed by atoms with E-state index in [4.69, 9.17) is 0 Å². The van der Waals surface area contributed by atoms with Crippen LogP contribution in [0.3, 0.4) is 0 Å². The maximum absolute atomic E-state index is 3.91. The van der Waals surface area contributed by atoms with Gasteiger partial charge >= 0.3 is 0 Å². The Morgan fingerprint density at radius 2 is 2.31 bits per heavy atom. The highest BCUT2D eigenvalue weighted by Gasteiger charge is 2.13. The average molecular weight is 179 g/mol. The van der Waals surface area contributed by atoms with Gasteiger partial charge in [0.2, 0.25) is 0 Å². The molecule has 3 nitrogen and oxygen atoms in total. The van der Waals surface area contributed by atoms with E-state index >= 15 is 0 Å². The van der Waals surface area contributed by atoms with E-state index in [1.54, 1.807) is 6.20 Å². The van der Waals surface area contributed by atoms with Crippen LogP contribution in [0.1, 0.15) is 31.4 Å². The van der Waals surface area contributed by atoms with Gasteiger partial charge in [-0.1, -0.05) is 12.8 Å². The Labute approximate surface area is 78.9 Å². The van der Waals surface area contributed by atoms with E-state index in [2.05, 4.69) is 15.5 Å². The van der Waals surface area contributed by atoms with Crippen LogP contribution in [-0.4, -0.2) is 16.7 Å². The minimum Gasteiger partial charge on any atom is -0.311 e. The Hall–Kier alpha value is -0.830. The first-order chi connectivity index (χ1) is 6.45. The molecule has 0 amide bonds. The number of rotatable bonds is 4. The lowest BCUT2D eigenvalue weighted by Crippen LogP contribution is -2.20. The van der Waals surface area contributed by atoms with Gasteiger partial charge in [-0.05, 0) is 31.4 Å². The van der Waals surface area contributed by atoms with Crippen molar-refractivity contribution in [2.24, 2.45) is 5.92 Å². The maximum Gasteiger partial charge on any atom is 0.0490 e. The van der Waals surface area contributed by atoms with Gasteiger partial charge < -0.3 is 5.32 Å². The van der Waals surface area contributed by atoms with E-state index in [9.17, 15) is 0 Å². The van der Waals surface area contributed by atoms with Crippen molar-refractivity contribution in [3.05, 3.63) is 18.0 Å². The predicted octanol–water partition coefficient (Wildman–Crippen LogP) is 1.69. The zero-order valence-electron chi connectivity index (χ0n) is 7.92. The number of nitrogens with zero attached hydrogens (tertiary/aromatic N) is 1. The van der Waals surface area contributed by atoms with Crippen molar-refractivity contribution in [3.8, 4) is 0 Å². The van der Waals surface area contributed by atoms with E-state index in [-0.39, 0.29) is 0 Å². The van der Waals surface area contributed by atoms with Gasteiger partial charge in [0, 0.05) is 18.4 Å². The summed E-state index contributed by atoms with van der Waals surface area (Å²) in [5.74, 6) is 0.919. The molecule has 1 aliphatic rings. The first kappa shape index (κ1) is 8.75. The van der Waals surface area contributed by atoms with E-state index in [1.807, 2.05) is 6.07 Å². The Morgan fingerprint density at radius 1 is 1.46 bits per heavy atom. The zero-order chi connectivity index (χ0) is 8.93. The lowest BCUT2D eigenvalue weighted by atomic mass is 10.1. The van der Waals surface area contributed by atoms with Crippen molar-refractivity contribution in [1.29, 1.82) is 0 Å². The van der Waals surface area contributed by atoms with Gasteiger partial charge in [-0.3, -0.25) is 5.10 Å². The largest absolute Gasteiger partial charge is 0.311 e. The first-order valence-corrected chi connectivity index (χ1v) is 5.14. The molecule has 1 fully saturated rings. The summed E-state index contributed by atoms with van der Waals surface area (Å²) in [6.07, 6.45) is 7.48. The molecule has 1 heterocycles. The Kier molecular flexibility index (Phi) is 2.98. The van der Waals surface area contributed by atoms with Crippen LogP contribution in [0, 0.1) is 5.92 Å². The number of hydrogen-bond donors (Lipinski definition) is 2. The Morgan fingerprint density at radius 3 is 3.00 bits per heavy atom. The van der Waals surface area contributed by atoms with Gasteiger partial charge in [0.25, 0.3) is 0 Å². The van der Waals surface area contributed by atoms with E-state index in [1.165, 1.54) is 37.9 Å². The van der Waals surface area contributed by atoms with Gasteiger partial charge in [-0.25, -0.2) is 0 Å². The molecule has 0 spiro atoms. The minimum atomic E-state index is 0.919. The van der Waals surface area contributed by atoms with E-state index in [0.717, 1.165) is 12.5 Å². The molecule has 0 radical (unpaired) electrons. The molecule has 2 rings (SSSR count). The molecule has 1 aliphatic carbocycles. The fraction of sp³-hybridized carbons (Fsp3) is 0.700. The molecule has 0 aliphatic heterocycles. The molecule has 0 saturated heterocycles. The Balaban J connectivity index is 1.63. The Bertz CT molecular complexity index is 224. The molecule has 0 unspecified atom stereocenters. The SMILES string of the molecule is c1cc(CNCC2CCCC2)[nH]n1. The third kappa shape index (κ3) is 2.56. The number of H-pyrrole nitrogens is 1. The van der Waals surface area contributed by atoms with Gasteiger partial charge in [0.05, 0.1) is 0 Å². The van der Waals surface area contributed by atoms with Crippen molar-refractivity contribution in [2.45, 2.75) is 32.2 Å². The number of nitrogens with one attached hydrogen (secondary N) is 2. The van der Waals surface area contributed by atoms with Gasteiger partial charge in [0.1, 0.15) is 0 Å². The van der Waals surface area contributed by atoms with Crippen molar-refractivity contribution in [2.75, 3.05) is 6.54 Å². The number of hydrogen-bond acceptors (Lipinski definition) is 2. The highest BCUT2D eigenvalue weighted by atomic mass is 15.1. The summed E-state index contributed by atoms with van der Waals surface area (Å²) in [7, 11) is 0. The van der Waals surface area contributed by atoms with Gasteiger partial charge in [-0.15, -0.1) is 0 Å². The summed E-state index contributed by atoms with van der Waals surface area (Å²) in [5, 5.41) is 10.3. The van der Waals surface area contributed by atoms with Crippen LogP contribution < -0.4 is 5.32 Å². The fourth-order valence-corrected chi connectivity index (χ4v) is 2.01. The molecule has 0 bridgehead atoms.